The largest absolute Gasteiger partial charge is 0.456 e. The standard InChI is InChI=1S/C29H15N3OS/c1-2-9-20-16(6-1)17-11-12-23-26-24(17)27-31(20)21-13-15-34-28(21)32(27)29(26)25-18(7-5-10-22(25)33-23)19-8-3-4-14-30(19)29/h1-15H/q+2. The molecule has 3 aliphatic heterocycles. The number of hydrogen-bond acceptors (Lipinski definition) is 2. The molecule has 1 spiro atoms. The fraction of sp³-hybridized carbons (Fsp3) is 0.0345. The Morgan fingerprint density at radius 3 is 2.68 bits per heavy atom. The zero-order valence-corrected chi connectivity index (χ0v) is 18.6. The number of nitrogens with zero attached hydrogens (tertiary/aromatic N) is 3. The molecule has 156 valence electrons. The number of imidazole rings is 1. The third-order valence-corrected chi connectivity index (χ3v) is 8.96. The van der Waals surface area contributed by atoms with E-state index in [4.69, 9.17) is 4.74 Å². The highest BCUT2D eigenvalue weighted by Crippen LogP contribution is 2.58. The SMILES string of the molecule is c1cc2c3c(c1)-c1cccc[n+]1C31c3c(ccc4c5ccccc5n5c6ccsc6[n+]1c5c34)O2. The van der Waals surface area contributed by atoms with Crippen LogP contribution in [0, 0.1) is 0 Å². The Bertz CT molecular complexity index is 2120. The Balaban J connectivity index is 1.62. The molecule has 7 heterocycles. The molecule has 0 N–H and O–H groups in total. The number of hydrogen-bond donors (Lipinski definition) is 0. The number of rotatable bonds is 0. The fourth-order valence-corrected chi connectivity index (χ4v) is 7.96. The highest BCUT2D eigenvalue weighted by atomic mass is 32.1. The first-order valence-electron chi connectivity index (χ1n) is 11.5. The molecule has 5 heteroatoms. The maximum absolute atomic E-state index is 6.65. The molecule has 0 radical (unpaired) electrons. The monoisotopic (exact) mass is 453 g/mol. The van der Waals surface area contributed by atoms with E-state index in [1.807, 2.05) is 11.3 Å². The van der Waals surface area contributed by atoms with E-state index < -0.39 is 5.66 Å². The van der Waals surface area contributed by atoms with E-state index >= 15 is 0 Å². The van der Waals surface area contributed by atoms with Crippen molar-refractivity contribution in [2.75, 3.05) is 0 Å². The highest BCUT2D eigenvalue weighted by Gasteiger charge is 2.69. The summed E-state index contributed by atoms with van der Waals surface area (Å²) in [6.45, 7) is 0. The average molecular weight is 454 g/mol. The minimum atomic E-state index is -0.507. The van der Waals surface area contributed by atoms with Gasteiger partial charge in [0.25, 0.3) is 0 Å². The second-order valence-corrected chi connectivity index (χ2v) is 10.3. The van der Waals surface area contributed by atoms with Gasteiger partial charge in [-0.3, -0.25) is 0 Å². The van der Waals surface area contributed by atoms with Gasteiger partial charge in [-0.25, -0.2) is 0 Å². The number of fused-ring (bicyclic) bond motifs is 8. The van der Waals surface area contributed by atoms with Gasteiger partial charge in [0, 0.05) is 29.0 Å². The van der Waals surface area contributed by atoms with Crippen LogP contribution in [0.1, 0.15) is 11.1 Å². The van der Waals surface area contributed by atoms with E-state index in [1.54, 1.807) is 0 Å². The van der Waals surface area contributed by atoms with Crippen molar-refractivity contribution in [3.8, 4) is 22.8 Å². The molecular formula is C29H15N3OS+2. The molecular weight excluding hydrogens is 438 g/mol. The van der Waals surface area contributed by atoms with Crippen LogP contribution < -0.4 is 13.9 Å². The second-order valence-electron chi connectivity index (χ2n) is 9.39. The summed E-state index contributed by atoms with van der Waals surface area (Å²) in [7, 11) is 0. The van der Waals surface area contributed by atoms with Crippen LogP contribution in [0.4, 0.5) is 0 Å². The van der Waals surface area contributed by atoms with Crippen molar-refractivity contribution in [2.24, 2.45) is 0 Å². The van der Waals surface area contributed by atoms with Gasteiger partial charge in [0.1, 0.15) is 28.1 Å². The Morgan fingerprint density at radius 1 is 0.765 bits per heavy atom. The molecule has 1 atom stereocenters. The third kappa shape index (κ3) is 1.41. The van der Waals surface area contributed by atoms with Gasteiger partial charge >= 0.3 is 11.3 Å². The summed E-state index contributed by atoms with van der Waals surface area (Å²) >= 11 is 1.82. The lowest BCUT2D eigenvalue weighted by atomic mass is 9.86. The third-order valence-electron chi connectivity index (χ3n) is 8.07. The lowest BCUT2D eigenvalue weighted by Crippen LogP contribution is -2.71. The van der Waals surface area contributed by atoms with Gasteiger partial charge in [0.2, 0.25) is 10.5 Å². The van der Waals surface area contributed by atoms with Gasteiger partial charge in [0.15, 0.2) is 11.7 Å². The molecule has 0 saturated heterocycles. The molecule has 10 rings (SSSR count). The maximum atomic E-state index is 6.65. The summed E-state index contributed by atoms with van der Waals surface area (Å²) in [4.78, 5) is 1.28. The molecule has 0 aliphatic carbocycles. The molecule has 3 aromatic carbocycles. The van der Waals surface area contributed by atoms with Gasteiger partial charge < -0.3 is 4.74 Å². The summed E-state index contributed by atoms with van der Waals surface area (Å²) < 4.78 is 14.2. The van der Waals surface area contributed by atoms with Crippen molar-refractivity contribution in [1.29, 1.82) is 0 Å². The quantitative estimate of drug-likeness (QED) is 0.212. The lowest BCUT2D eigenvalue weighted by Gasteiger charge is -2.27. The first-order valence-corrected chi connectivity index (χ1v) is 12.4. The summed E-state index contributed by atoms with van der Waals surface area (Å²) in [6, 6.07) is 28.5. The molecule has 34 heavy (non-hydrogen) atoms. The van der Waals surface area contributed by atoms with Crippen molar-refractivity contribution >= 4 is 49.0 Å². The minimum absolute atomic E-state index is 0.507. The van der Waals surface area contributed by atoms with Crippen LogP contribution in [0.3, 0.4) is 0 Å². The van der Waals surface area contributed by atoms with Crippen molar-refractivity contribution in [3.63, 3.8) is 0 Å². The Hall–Kier alpha value is -4.22. The topological polar surface area (TPSA) is 21.4 Å². The summed E-state index contributed by atoms with van der Waals surface area (Å²) in [5, 5.41) is 6.07. The van der Waals surface area contributed by atoms with Crippen LogP contribution in [0.25, 0.3) is 48.9 Å². The first kappa shape index (κ1) is 16.4. The molecule has 1 unspecified atom stereocenters. The highest BCUT2D eigenvalue weighted by molar-refractivity contribution is 7.16. The Morgan fingerprint density at radius 2 is 1.68 bits per heavy atom. The van der Waals surface area contributed by atoms with Gasteiger partial charge in [-0.15, -0.1) is 9.13 Å². The Labute approximate surface area is 197 Å². The first-order chi connectivity index (χ1) is 16.9. The van der Waals surface area contributed by atoms with Crippen molar-refractivity contribution in [2.45, 2.75) is 5.66 Å². The summed E-state index contributed by atoms with van der Waals surface area (Å²) in [5.41, 5.74) is 8.22. The molecule has 3 aliphatic rings. The van der Waals surface area contributed by atoms with Gasteiger partial charge in [-0.1, -0.05) is 35.6 Å². The summed E-state index contributed by atoms with van der Waals surface area (Å²) in [6.07, 6.45) is 2.24. The van der Waals surface area contributed by atoms with Gasteiger partial charge in [-0.05, 0) is 41.8 Å². The minimum Gasteiger partial charge on any atom is -0.456 e. The normalized spacial score (nSPS) is 18.4. The van der Waals surface area contributed by atoms with E-state index in [-0.39, 0.29) is 0 Å². The zero-order valence-electron chi connectivity index (χ0n) is 17.8. The van der Waals surface area contributed by atoms with Crippen LogP contribution in [-0.2, 0) is 5.66 Å². The predicted octanol–water partition coefficient (Wildman–Crippen LogP) is 5.73. The molecule has 0 fully saturated rings. The number of ether oxygens (including phenoxy) is 1. The molecule has 7 aromatic rings. The van der Waals surface area contributed by atoms with Crippen LogP contribution >= 0.6 is 11.3 Å². The van der Waals surface area contributed by atoms with E-state index in [9.17, 15) is 0 Å². The number of pyridine rings is 2. The molecule has 0 saturated carbocycles. The smallest absolute Gasteiger partial charge is 0.372 e. The Kier molecular flexibility index (Phi) is 2.40. The van der Waals surface area contributed by atoms with E-state index in [1.165, 1.54) is 60.1 Å². The van der Waals surface area contributed by atoms with Gasteiger partial charge in [-0.2, -0.15) is 4.40 Å². The van der Waals surface area contributed by atoms with Crippen LogP contribution in [0.15, 0.2) is 90.4 Å². The molecule has 0 bridgehead atoms. The van der Waals surface area contributed by atoms with Crippen LogP contribution in [0.2, 0.25) is 0 Å². The van der Waals surface area contributed by atoms with Crippen LogP contribution in [-0.4, -0.2) is 4.40 Å². The van der Waals surface area contributed by atoms with Gasteiger partial charge in [0.05, 0.1) is 10.9 Å². The number of aromatic nitrogens is 3. The molecule has 0 amide bonds. The van der Waals surface area contributed by atoms with E-state index in [0.29, 0.717) is 0 Å². The second kappa shape index (κ2) is 4.98. The summed E-state index contributed by atoms with van der Waals surface area (Å²) in [5.74, 6) is 1.90. The van der Waals surface area contributed by atoms with Crippen molar-refractivity contribution in [3.05, 3.63) is 102 Å². The van der Waals surface area contributed by atoms with Crippen molar-refractivity contribution < 1.29 is 13.9 Å². The molecule has 4 aromatic heterocycles. The maximum Gasteiger partial charge on any atom is 0.372 e. The molecule has 4 nitrogen and oxygen atoms in total. The number of benzene rings is 3. The van der Waals surface area contributed by atoms with Crippen LogP contribution in [0.5, 0.6) is 11.5 Å². The number of para-hydroxylation sites is 1. The fourth-order valence-electron chi connectivity index (χ4n) is 7.03. The zero-order chi connectivity index (χ0) is 21.8. The van der Waals surface area contributed by atoms with Crippen molar-refractivity contribution in [1.82, 2.24) is 4.40 Å². The van der Waals surface area contributed by atoms with E-state index in [2.05, 4.69) is 104 Å². The number of thiophene rings is 1. The predicted molar refractivity (Wildman–Crippen MR) is 132 cm³/mol. The lowest BCUT2D eigenvalue weighted by molar-refractivity contribution is -0.939. The van der Waals surface area contributed by atoms with E-state index in [0.717, 1.165) is 11.5 Å². The average Bonchev–Trinajstić information content (AvgIpc) is 3.61.